The van der Waals surface area contributed by atoms with E-state index in [4.69, 9.17) is 9.97 Å². The second-order valence-corrected chi connectivity index (χ2v) is 11.6. The number of nitrogens with one attached hydrogen (secondary N) is 2. The van der Waals surface area contributed by atoms with Gasteiger partial charge in [0.2, 0.25) is 0 Å². The van der Waals surface area contributed by atoms with Crippen molar-refractivity contribution in [3.8, 4) is 22.3 Å². The highest BCUT2D eigenvalue weighted by Crippen LogP contribution is 2.37. The van der Waals surface area contributed by atoms with Gasteiger partial charge >= 0.3 is 0 Å². The third-order valence-electron chi connectivity index (χ3n) is 7.77. The molecule has 0 unspecified atom stereocenters. The summed E-state index contributed by atoms with van der Waals surface area (Å²) in [5.74, 6) is 0. The summed E-state index contributed by atoms with van der Waals surface area (Å²) >= 11 is 3.84. The van der Waals surface area contributed by atoms with Gasteiger partial charge in [-0.05, 0) is 114 Å². The Hall–Kier alpha value is -4.81. The quantitative estimate of drug-likeness (QED) is 0.196. The molecule has 3 aromatic heterocycles. The summed E-state index contributed by atoms with van der Waals surface area (Å²) in [5.41, 5.74) is 15.7. The number of aryl methyl sites for hydroxylation is 3. The Morgan fingerprint density at radius 3 is 2.05 bits per heavy atom. The van der Waals surface area contributed by atoms with Crippen LogP contribution in [0.5, 0.6) is 0 Å². The lowest BCUT2D eigenvalue weighted by molar-refractivity contribution is 0.112. The summed E-state index contributed by atoms with van der Waals surface area (Å²) in [5, 5.41) is 0. The second-order valence-electron chi connectivity index (χ2n) is 10.8. The van der Waals surface area contributed by atoms with Gasteiger partial charge < -0.3 is 9.97 Å². The fourth-order valence-corrected chi connectivity index (χ4v) is 6.43. The number of H-pyrrole nitrogens is 2. The first kappa shape index (κ1) is 26.1. The maximum atomic E-state index is 11.3. The summed E-state index contributed by atoms with van der Waals surface area (Å²) < 4.78 is 0.871. The molecule has 2 aromatic carbocycles. The van der Waals surface area contributed by atoms with Crippen LogP contribution in [0.2, 0.25) is 0 Å². The van der Waals surface area contributed by atoms with E-state index in [1.807, 2.05) is 36.4 Å². The van der Waals surface area contributed by atoms with Gasteiger partial charge in [-0.3, -0.25) is 4.79 Å². The monoisotopic (exact) mass is 610 g/mol. The molecule has 2 aliphatic rings. The van der Waals surface area contributed by atoms with E-state index in [1.54, 1.807) is 0 Å². The molecule has 0 fully saturated rings. The number of halogens is 1. The average Bonchev–Trinajstić information content (AvgIpc) is 3.79. The molecular formula is C36H27BrN4O. The summed E-state index contributed by atoms with van der Waals surface area (Å²) in [6, 6.07) is 22.4. The van der Waals surface area contributed by atoms with Gasteiger partial charge in [0, 0.05) is 33.2 Å². The Kier molecular flexibility index (Phi) is 6.36. The zero-order chi connectivity index (χ0) is 29.0. The minimum Gasteiger partial charge on any atom is -0.355 e. The molecule has 5 nitrogen and oxygen atoms in total. The largest absolute Gasteiger partial charge is 0.355 e. The van der Waals surface area contributed by atoms with E-state index in [2.05, 4.69) is 101 Å². The van der Waals surface area contributed by atoms with Gasteiger partial charge in [0.15, 0.2) is 0 Å². The van der Waals surface area contributed by atoms with Crippen LogP contribution in [-0.4, -0.2) is 26.2 Å². The van der Waals surface area contributed by atoms with Crippen molar-refractivity contribution in [1.82, 2.24) is 19.9 Å². The number of benzene rings is 2. The van der Waals surface area contributed by atoms with Crippen LogP contribution in [0, 0.1) is 20.8 Å². The van der Waals surface area contributed by atoms with Gasteiger partial charge in [-0.15, -0.1) is 0 Å². The third-order valence-corrected chi connectivity index (χ3v) is 8.61. The smallest absolute Gasteiger partial charge is 0.150 e. The third kappa shape index (κ3) is 4.54. The number of rotatable bonds is 3. The normalized spacial score (nSPS) is 12.2. The minimum absolute atomic E-state index is 0.633. The molecule has 42 heavy (non-hydrogen) atoms. The molecule has 0 spiro atoms. The minimum atomic E-state index is 0.633. The van der Waals surface area contributed by atoms with E-state index in [-0.39, 0.29) is 0 Å². The molecule has 0 atom stereocenters. The number of carbonyl (C=O) groups excluding carboxylic acids is 1. The lowest BCUT2D eigenvalue weighted by Crippen LogP contribution is -1.93. The molecule has 5 heterocycles. The van der Waals surface area contributed by atoms with Crippen molar-refractivity contribution >= 4 is 68.6 Å². The van der Waals surface area contributed by atoms with Crippen LogP contribution in [-0.2, 0) is 0 Å². The van der Waals surface area contributed by atoms with Gasteiger partial charge in [0.05, 0.1) is 32.8 Å². The molecule has 0 amide bonds. The first-order chi connectivity index (χ1) is 20.4. The Bertz CT molecular complexity index is 2120. The van der Waals surface area contributed by atoms with Crippen LogP contribution in [0.15, 0.2) is 71.2 Å². The highest BCUT2D eigenvalue weighted by atomic mass is 79.9. The number of aromatic amines is 2. The summed E-state index contributed by atoms with van der Waals surface area (Å²) in [7, 11) is 0. The zero-order valence-corrected chi connectivity index (χ0v) is 25.0. The van der Waals surface area contributed by atoms with Crippen molar-refractivity contribution in [2.24, 2.45) is 0 Å². The van der Waals surface area contributed by atoms with Gasteiger partial charge in [0.1, 0.15) is 6.29 Å². The number of hydrogen-bond donors (Lipinski definition) is 2. The van der Waals surface area contributed by atoms with Gasteiger partial charge in [-0.1, -0.05) is 42.0 Å². The first-order valence-electron chi connectivity index (χ1n) is 13.8. The van der Waals surface area contributed by atoms with Gasteiger partial charge in [-0.2, -0.15) is 0 Å². The summed E-state index contributed by atoms with van der Waals surface area (Å²) in [4.78, 5) is 28.7. The van der Waals surface area contributed by atoms with E-state index in [0.717, 1.165) is 72.3 Å². The molecule has 8 bridgehead atoms. The number of fused-ring (bicyclic) bond motifs is 8. The second kappa shape index (κ2) is 10.2. The van der Waals surface area contributed by atoms with Crippen molar-refractivity contribution in [3.05, 3.63) is 116 Å². The predicted octanol–water partition coefficient (Wildman–Crippen LogP) is 9.49. The number of aldehydes is 1. The Morgan fingerprint density at radius 1 is 0.643 bits per heavy atom. The number of nitrogens with zero attached hydrogens (tertiary/aromatic N) is 2. The topological polar surface area (TPSA) is 74.4 Å². The molecule has 0 saturated heterocycles. The average molecular weight is 612 g/mol. The fraction of sp³-hybridized carbons (Fsp3) is 0.0833. The molecular weight excluding hydrogens is 584 g/mol. The Labute approximate surface area is 251 Å². The van der Waals surface area contributed by atoms with E-state index in [1.165, 1.54) is 22.3 Å². The van der Waals surface area contributed by atoms with Crippen molar-refractivity contribution in [3.63, 3.8) is 0 Å². The fourth-order valence-electron chi connectivity index (χ4n) is 5.97. The number of aromatic nitrogens is 4. The molecule has 2 aliphatic heterocycles. The molecule has 0 saturated carbocycles. The zero-order valence-electron chi connectivity index (χ0n) is 23.4. The highest BCUT2D eigenvalue weighted by molar-refractivity contribution is 9.10. The molecule has 5 aromatic rings. The van der Waals surface area contributed by atoms with Crippen LogP contribution in [0.3, 0.4) is 0 Å². The van der Waals surface area contributed by atoms with Gasteiger partial charge in [0.25, 0.3) is 0 Å². The van der Waals surface area contributed by atoms with Crippen LogP contribution in [0.1, 0.15) is 49.8 Å². The van der Waals surface area contributed by atoms with Crippen molar-refractivity contribution < 1.29 is 4.79 Å². The number of hydrogen-bond acceptors (Lipinski definition) is 3. The predicted molar refractivity (Wildman–Crippen MR) is 177 cm³/mol. The van der Waals surface area contributed by atoms with Crippen LogP contribution >= 0.6 is 15.9 Å². The molecule has 6 heteroatoms. The summed E-state index contributed by atoms with van der Waals surface area (Å²) in [6.45, 7) is 6.47. The van der Waals surface area contributed by atoms with E-state index >= 15 is 0 Å². The van der Waals surface area contributed by atoms with Crippen LogP contribution in [0.25, 0.3) is 68.6 Å². The van der Waals surface area contributed by atoms with Crippen LogP contribution in [0.4, 0.5) is 0 Å². The molecule has 0 aliphatic carbocycles. The van der Waals surface area contributed by atoms with Gasteiger partial charge in [-0.25, -0.2) is 9.97 Å². The lowest BCUT2D eigenvalue weighted by atomic mass is 9.92. The van der Waals surface area contributed by atoms with E-state index in [9.17, 15) is 4.79 Å². The summed E-state index contributed by atoms with van der Waals surface area (Å²) in [6.07, 6.45) is 9.07. The van der Waals surface area contributed by atoms with Crippen molar-refractivity contribution in [1.29, 1.82) is 0 Å². The standard InChI is InChI=1S/C36H27BrN4O/c1-20-16-21(2)33(22(3)17-20)35-29-11-9-26(39-29)18-25-8-10-27(38-25)34(24-6-4-23(19-42)5-7-24)28-12-14-31(40-28)36(37)32-15-13-30(35)41-32/h4-19,39-40H,1-3H3. The first-order valence-corrected chi connectivity index (χ1v) is 14.6. The Morgan fingerprint density at radius 2 is 1.29 bits per heavy atom. The molecule has 204 valence electrons. The molecule has 2 N–H and O–H groups in total. The van der Waals surface area contributed by atoms with Crippen molar-refractivity contribution in [2.75, 3.05) is 0 Å². The maximum Gasteiger partial charge on any atom is 0.150 e. The number of carbonyl (C=O) groups is 1. The highest BCUT2D eigenvalue weighted by Gasteiger charge is 2.17. The Balaban J connectivity index is 1.59. The van der Waals surface area contributed by atoms with Crippen molar-refractivity contribution in [2.45, 2.75) is 20.8 Å². The van der Waals surface area contributed by atoms with E-state index in [0.29, 0.717) is 5.56 Å². The maximum absolute atomic E-state index is 11.3. The molecule has 7 rings (SSSR count). The SMILES string of the molecule is Cc1cc(C)c(-c2c3nc(c(Br)c4ccc([nH]4)c(-c4ccc(C=O)cc4)c4nc(cc5ccc2[nH]5)C=C4)C=C3)c(C)c1. The molecule has 0 radical (unpaired) electrons. The van der Waals surface area contributed by atoms with Crippen LogP contribution < -0.4 is 0 Å². The lowest BCUT2D eigenvalue weighted by Gasteiger charge is -2.13. The van der Waals surface area contributed by atoms with E-state index < -0.39 is 0 Å².